The first-order valence-electron chi connectivity index (χ1n) is 11.0. The van der Waals surface area contributed by atoms with Gasteiger partial charge in [0.1, 0.15) is 0 Å². The normalized spacial score (nSPS) is 14.5. The third-order valence-corrected chi connectivity index (χ3v) is 5.55. The number of carbonyl (C=O) groups is 1. The fraction of sp³-hybridized carbons (Fsp3) is 0.522. The number of benzene rings is 1. The summed E-state index contributed by atoms with van der Waals surface area (Å²) in [5.74, 6) is 1.01. The number of aryl methyl sites for hydroxylation is 2. The van der Waals surface area contributed by atoms with E-state index in [0.29, 0.717) is 19.5 Å². The molecule has 7 nitrogen and oxygen atoms in total. The monoisotopic (exact) mass is 410 g/mol. The summed E-state index contributed by atoms with van der Waals surface area (Å²) in [7, 11) is 2.01. The van der Waals surface area contributed by atoms with Gasteiger partial charge in [-0.25, -0.2) is 4.99 Å². The predicted octanol–water partition coefficient (Wildman–Crippen LogP) is 2.93. The number of anilines is 1. The number of aliphatic imine (C=N–C) groups is 1. The van der Waals surface area contributed by atoms with Gasteiger partial charge >= 0.3 is 0 Å². The summed E-state index contributed by atoms with van der Waals surface area (Å²) in [5, 5.41) is 11.4. The van der Waals surface area contributed by atoms with Crippen molar-refractivity contribution in [3.05, 3.63) is 46.8 Å². The van der Waals surface area contributed by atoms with Gasteiger partial charge in [-0.05, 0) is 43.9 Å². The van der Waals surface area contributed by atoms with Crippen LogP contribution >= 0.6 is 0 Å². The van der Waals surface area contributed by atoms with Crippen molar-refractivity contribution in [3.8, 4) is 0 Å². The minimum Gasteiger partial charge on any atom is -0.357 e. The van der Waals surface area contributed by atoms with Crippen molar-refractivity contribution in [1.29, 1.82) is 0 Å². The number of rotatable bonds is 8. The summed E-state index contributed by atoms with van der Waals surface area (Å²) in [6.07, 6.45) is 3.48. The zero-order valence-electron chi connectivity index (χ0n) is 18.7. The minimum absolute atomic E-state index is 0.215. The van der Waals surface area contributed by atoms with E-state index < -0.39 is 0 Å². The average molecular weight is 411 g/mol. The van der Waals surface area contributed by atoms with Crippen LogP contribution in [0.15, 0.2) is 29.3 Å². The van der Waals surface area contributed by atoms with E-state index in [2.05, 4.69) is 48.6 Å². The summed E-state index contributed by atoms with van der Waals surface area (Å²) in [6, 6.07) is 8.15. The van der Waals surface area contributed by atoms with E-state index in [-0.39, 0.29) is 5.91 Å². The molecule has 0 bridgehead atoms. The van der Waals surface area contributed by atoms with Crippen molar-refractivity contribution in [3.63, 3.8) is 0 Å². The zero-order valence-corrected chi connectivity index (χ0v) is 18.7. The van der Waals surface area contributed by atoms with Gasteiger partial charge in [-0.2, -0.15) is 5.10 Å². The van der Waals surface area contributed by atoms with Gasteiger partial charge in [-0.15, -0.1) is 0 Å². The topological polar surface area (TPSA) is 74.6 Å². The standard InChI is InChI=1S/C23H34N6O/c1-5-20-19(21(6-2)28(4)27-20)16-26-23(24-7-3)25-15-17-10-12-18(13-11-17)29-14-8-9-22(29)30/h10-13H,5-9,14-16H2,1-4H3,(H2,24,25,26). The Morgan fingerprint density at radius 1 is 1.13 bits per heavy atom. The molecular formula is C23H34N6O. The highest BCUT2D eigenvalue weighted by molar-refractivity contribution is 5.95. The first-order valence-corrected chi connectivity index (χ1v) is 11.0. The van der Waals surface area contributed by atoms with Gasteiger partial charge in [0.25, 0.3) is 0 Å². The molecule has 1 amide bonds. The summed E-state index contributed by atoms with van der Waals surface area (Å²) in [4.78, 5) is 18.5. The van der Waals surface area contributed by atoms with Crippen molar-refractivity contribution in [1.82, 2.24) is 20.4 Å². The molecule has 0 aliphatic carbocycles. The van der Waals surface area contributed by atoms with Crippen LogP contribution in [0.5, 0.6) is 0 Å². The number of hydrogen-bond donors (Lipinski definition) is 2. The van der Waals surface area contributed by atoms with Crippen molar-refractivity contribution in [2.45, 2.75) is 59.5 Å². The second kappa shape index (κ2) is 10.3. The van der Waals surface area contributed by atoms with Crippen LogP contribution in [0.1, 0.15) is 56.1 Å². The first kappa shape index (κ1) is 21.9. The molecule has 2 N–H and O–H groups in total. The lowest BCUT2D eigenvalue weighted by Crippen LogP contribution is -2.37. The Morgan fingerprint density at radius 3 is 2.50 bits per heavy atom. The number of hydrogen-bond acceptors (Lipinski definition) is 3. The zero-order chi connectivity index (χ0) is 21.5. The summed E-state index contributed by atoms with van der Waals surface area (Å²) < 4.78 is 1.99. The summed E-state index contributed by atoms with van der Waals surface area (Å²) in [6.45, 7) is 9.29. The van der Waals surface area contributed by atoms with Crippen LogP contribution in [0.3, 0.4) is 0 Å². The summed E-state index contributed by atoms with van der Waals surface area (Å²) in [5.41, 5.74) is 5.78. The highest BCUT2D eigenvalue weighted by atomic mass is 16.2. The van der Waals surface area contributed by atoms with E-state index in [1.807, 2.05) is 28.8 Å². The smallest absolute Gasteiger partial charge is 0.227 e. The minimum atomic E-state index is 0.215. The predicted molar refractivity (Wildman–Crippen MR) is 122 cm³/mol. The molecule has 7 heteroatoms. The quantitative estimate of drug-likeness (QED) is 0.518. The second-order valence-electron chi connectivity index (χ2n) is 7.57. The maximum atomic E-state index is 11.9. The number of nitrogens with one attached hydrogen (secondary N) is 2. The van der Waals surface area contributed by atoms with Crippen LogP contribution < -0.4 is 15.5 Å². The molecule has 1 saturated heterocycles. The third-order valence-electron chi connectivity index (χ3n) is 5.55. The maximum Gasteiger partial charge on any atom is 0.227 e. The molecule has 0 atom stereocenters. The van der Waals surface area contributed by atoms with Crippen LogP contribution in [-0.4, -0.2) is 34.7 Å². The number of amides is 1. The molecule has 2 heterocycles. The molecule has 1 aliphatic heterocycles. The van der Waals surface area contributed by atoms with Crippen LogP contribution in [0.25, 0.3) is 0 Å². The lowest BCUT2D eigenvalue weighted by Gasteiger charge is -2.16. The molecule has 0 spiro atoms. The molecule has 1 aliphatic rings. The van der Waals surface area contributed by atoms with Crippen molar-refractivity contribution < 1.29 is 4.79 Å². The number of guanidine groups is 1. The fourth-order valence-electron chi connectivity index (χ4n) is 3.98. The van der Waals surface area contributed by atoms with Gasteiger partial charge in [0, 0.05) is 50.0 Å². The summed E-state index contributed by atoms with van der Waals surface area (Å²) >= 11 is 0. The van der Waals surface area contributed by atoms with Gasteiger partial charge < -0.3 is 15.5 Å². The van der Waals surface area contributed by atoms with Gasteiger partial charge in [0.15, 0.2) is 5.96 Å². The Kier molecular flexibility index (Phi) is 7.49. The van der Waals surface area contributed by atoms with Crippen molar-refractivity contribution >= 4 is 17.6 Å². The largest absolute Gasteiger partial charge is 0.357 e. The van der Waals surface area contributed by atoms with Gasteiger partial charge in [0.05, 0.1) is 12.2 Å². The third kappa shape index (κ3) is 5.01. The van der Waals surface area contributed by atoms with Gasteiger partial charge in [-0.1, -0.05) is 26.0 Å². The Balaban J connectivity index is 1.66. The SMILES string of the molecule is CCNC(=NCc1ccc(N2CCCC2=O)cc1)NCc1c(CC)nn(C)c1CC. The van der Waals surface area contributed by atoms with Crippen LogP contribution in [-0.2, 0) is 37.8 Å². The molecule has 162 valence electrons. The van der Waals surface area contributed by atoms with E-state index in [1.165, 1.54) is 11.3 Å². The Hall–Kier alpha value is -2.83. The van der Waals surface area contributed by atoms with Crippen molar-refractivity contribution in [2.24, 2.45) is 12.0 Å². The van der Waals surface area contributed by atoms with Crippen LogP contribution in [0.4, 0.5) is 5.69 Å². The molecule has 30 heavy (non-hydrogen) atoms. The molecule has 2 aromatic rings. The molecule has 1 aromatic carbocycles. The van der Waals surface area contributed by atoms with Crippen molar-refractivity contribution in [2.75, 3.05) is 18.0 Å². The number of aromatic nitrogens is 2. The molecule has 1 aromatic heterocycles. The lowest BCUT2D eigenvalue weighted by atomic mass is 10.1. The second-order valence-corrected chi connectivity index (χ2v) is 7.57. The van der Waals surface area contributed by atoms with E-state index in [1.54, 1.807) is 0 Å². The molecular weight excluding hydrogens is 376 g/mol. The average Bonchev–Trinajstić information content (AvgIpc) is 3.32. The maximum absolute atomic E-state index is 11.9. The van der Waals surface area contributed by atoms with Gasteiger partial charge in [-0.3, -0.25) is 9.48 Å². The van der Waals surface area contributed by atoms with E-state index >= 15 is 0 Å². The van der Waals surface area contributed by atoms with Crippen LogP contribution in [0, 0.1) is 0 Å². The first-order chi connectivity index (χ1) is 14.6. The Morgan fingerprint density at radius 2 is 1.90 bits per heavy atom. The Bertz CT molecular complexity index is 884. The fourth-order valence-corrected chi connectivity index (χ4v) is 3.98. The number of carbonyl (C=O) groups excluding carboxylic acids is 1. The Labute approximate surface area is 179 Å². The highest BCUT2D eigenvalue weighted by Crippen LogP contribution is 2.21. The molecule has 3 rings (SSSR count). The van der Waals surface area contributed by atoms with Gasteiger partial charge in [0.2, 0.25) is 5.91 Å². The molecule has 1 fully saturated rings. The number of nitrogens with zero attached hydrogens (tertiary/aromatic N) is 4. The van der Waals surface area contributed by atoms with E-state index in [9.17, 15) is 4.79 Å². The highest BCUT2D eigenvalue weighted by Gasteiger charge is 2.21. The van der Waals surface area contributed by atoms with Crippen LogP contribution in [0.2, 0.25) is 0 Å². The molecule has 0 unspecified atom stereocenters. The lowest BCUT2D eigenvalue weighted by molar-refractivity contribution is -0.117. The molecule has 0 radical (unpaired) electrons. The molecule has 0 saturated carbocycles. The van der Waals surface area contributed by atoms with E-state index in [0.717, 1.165) is 55.3 Å². The van der Waals surface area contributed by atoms with E-state index in [4.69, 9.17) is 4.99 Å².